The minimum absolute atomic E-state index is 0.274. The SMILES string of the molecule is COCCNCc1cccn1Cc1ccc(Cl)cc1F. The number of benzene rings is 1. The molecule has 0 atom stereocenters. The molecule has 0 saturated heterocycles. The molecule has 1 heterocycles. The lowest BCUT2D eigenvalue weighted by atomic mass is 10.2. The number of hydrogen-bond donors (Lipinski definition) is 1. The number of nitrogens with one attached hydrogen (secondary N) is 1. The summed E-state index contributed by atoms with van der Waals surface area (Å²) in [6.07, 6.45) is 1.95. The third kappa shape index (κ3) is 4.07. The Bertz CT molecular complexity index is 557. The second-order valence-corrected chi connectivity index (χ2v) is 4.97. The van der Waals surface area contributed by atoms with E-state index < -0.39 is 0 Å². The molecule has 1 aromatic carbocycles. The second-order valence-electron chi connectivity index (χ2n) is 4.53. The molecule has 2 aromatic rings. The highest BCUT2D eigenvalue weighted by molar-refractivity contribution is 6.30. The van der Waals surface area contributed by atoms with Crippen LogP contribution in [0.3, 0.4) is 0 Å². The summed E-state index contributed by atoms with van der Waals surface area (Å²) in [6.45, 7) is 2.69. The van der Waals surface area contributed by atoms with Crippen molar-refractivity contribution in [1.82, 2.24) is 9.88 Å². The Hall–Kier alpha value is -1.36. The molecule has 108 valence electrons. The maximum atomic E-state index is 13.8. The highest BCUT2D eigenvalue weighted by Crippen LogP contribution is 2.16. The average Bonchev–Trinajstić information content (AvgIpc) is 2.85. The van der Waals surface area contributed by atoms with E-state index in [4.69, 9.17) is 16.3 Å². The van der Waals surface area contributed by atoms with Crippen molar-refractivity contribution in [3.8, 4) is 0 Å². The van der Waals surface area contributed by atoms with E-state index in [2.05, 4.69) is 5.32 Å². The molecule has 0 aliphatic carbocycles. The van der Waals surface area contributed by atoms with Gasteiger partial charge in [0.2, 0.25) is 0 Å². The van der Waals surface area contributed by atoms with Gasteiger partial charge in [0, 0.05) is 42.7 Å². The van der Waals surface area contributed by atoms with Crippen LogP contribution in [0.2, 0.25) is 5.02 Å². The van der Waals surface area contributed by atoms with E-state index in [1.165, 1.54) is 6.07 Å². The summed E-state index contributed by atoms with van der Waals surface area (Å²) in [7, 11) is 1.67. The summed E-state index contributed by atoms with van der Waals surface area (Å²) in [5.74, 6) is -0.274. The quantitative estimate of drug-likeness (QED) is 0.795. The Morgan fingerprint density at radius 3 is 2.95 bits per heavy atom. The lowest BCUT2D eigenvalue weighted by molar-refractivity contribution is 0.199. The summed E-state index contributed by atoms with van der Waals surface area (Å²) in [5.41, 5.74) is 1.74. The van der Waals surface area contributed by atoms with E-state index in [9.17, 15) is 4.39 Å². The Morgan fingerprint density at radius 2 is 2.20 bits per heavy atom. The summed E-state index contributed by atoms with van der Waals surface area (Å²) < 4.78 is 20.8. The van der Waals surface area contributed by atoms with E-state index in [1.54, 1.807) is 19.2 Å². The van der Waals surface area contributed by atoms with Gasteiger partial charge in [0.25, 0.3) is 0 Å². The Balaban J connectivity index is 2.01. The maximum absolute atomic E-state index is 13.8. The number of rotatable bonds is 7. The van der Waals surface area contributed by atoms with Gasteiger partial charge >= 0.3 is 0 Å². The fourth-order valence-electron chi connectivity index (χ4n) is 1.99. The largest absolute Gasteiger partial charge is 0.383 e. The zero-order valence-corrected chi connectivity index (χ0v) is 12.2. The van der Waals surface area contributed by atoms with Gasteiger partial charge in [-0.1, -0.05) is 17.7 Å². The van der Waals surface area contributed by atoms with Gasteiger partial charge in [0.15, 0.2) is 0 Å². The maximum Gasteiger partial charge on any atom is 0.129 e. The molecule has 0 aliphatic rings. The molecule has 0 radical (unpaired) electrons. The lowest BCUT2D eigenvalue weighted by Gasteiger charge is -2.11. The van der Waals surface area contributed by atoms with Crippen LogP contribution >= 0.6 is 11.6 Å². The summed E-state index contributed by atoms with van der Waals surface area (Å²) in [4.78, 5) is 0. The molecule has 2 rings (SSSR count). The van der Waals surface area contributed by atoms with E-state index in [0.29, 0.717) is 23.7 Å². The van der Waals surface area contributed by atoms with Crippen LogP contribution in [0.1, 0.15) is 11.3 Å². The van der Waals surface area contributed by atoms with Gasteiger partial charge < -0.3 is 14.6 Å². The Labute approximate surface area is 123 Å². The summed E-state index contributed by atoms with van der Waals surface area (Å²) in [6, 6.07) is 8.76. The molecular formula is C15H18ClFN2O. The standard InChI is InChI=1S/C15H18ClFN2O/c1-20-8-6-18-10-14-3-2-7-19(14)11-12-4-5-13(16)9-15(12)17/h2-5,7,9,18H,6,8,10-11H2,1H3. The third-order valence-corrected chi connectivity index (χ3v) is 3.30. The first kappa shape index (κ1) is 15.0. The lowest BCUT2D eigenvalue weighted by Crippen LogP contribution is -2.20. The van der Waals surface area contributed by atoms with Gasteiger partial charge in [0.05, 0.1) is 13.2 Å². The van der Waals surface area contributed by atoms with Crippen molar-refractivity contribution in [1.29, 1.82) is 0 Å². The molecule has 20 heavy (non-hydrogen) atoms. The van der Waals surface area contributed by atoms with Crippen LogP contribution in [-0.2, 0) is 17.8 Å². The van der Waals surface area contributed by atoms with Crippen LogP contribution in [0.5, 0.6) is 0 Å². The van der Waals surface area contributed by atoms with E-state index in [-0.39, 0.29) is 5.82 Å². The van der Waals surface area contributed by atoms with Gasteiger partial charge in [-0.05, 0) is 24.3 Å². The van der Waals surface area contributed by atoms with Crippen LogP contribution in [0, 0.1) is 5.82 Å². The predicted octanol–water partition coefficient (Wildman–Crippen LogP) is 3.06. The van der Waals surface area contributed by atoms with Crippen LogP contribution in [0.4, 0.5) is 4.39 Å². The zero-order chi connectivity index (χ0) is 14.4. The van der Waals surface area contributed by atoms with Crippen molar-refractivity contribution in [2.24, 2.45) is 0 Å². The number of halogens is 2. The van der Waals surface area contributed by atoms with Crippen molar-refractivity contribution in [2.75, 3.05) is 20.3 Å². The Kier molecular flexibility index (Phi) is 5.59. The molecule has 0 bridgehead atoms. The molecular weight excluding hydrogens is 279 g/mol. The first-order chi connectivity index (χ1) is 9.70. The number of ether oxygens (including phenoxy) is 1. The molecule has 1 N–H and O–H groups in total. The monoisotopic (exact) mass is 296 g/mol. The van der Waals surface area contributed by atoms with Crippen molar-refractivity contribution >= 4 is 11.6 Å². The van der Waals surface area contributed by atoms with Crippen molar-refractivity contribution in [3.05, 3.63) is 58.6 Å². The topological polar surface area (TPSA) is 26.2 Å². The molecule has 5 heteroatoms. The normalized spacial score (nSPS) is 10.9. The van der Waals surface area contributed by atoms with Gasteiger partial charge in [-0.2, -0.15) is 0 Å². The van der Waals surface area contributed by atoms with Crippen molar-refractivity contribution < 1.29 is 9.13 Å². The first-order valence-electron chi connectivity index (χ1n) is 6.48. The molecule has 0 unspecified atom stereocenters. The van der Waals surface area contributed by atoms with Crippen LogP contribution < -0.4 is 5.32 Å². The minimum Gasteiger partial charge on any atom is -0.383 e. The van der Waals surface area contributed by atoms with Crippen LogP contribution in [0.25, 0.3) is 0 Å². The van der Waals surface area contributed by atoms with E-state index in [1.807, 2.05) is 22.9 Å². The number of aromatic nitrogens is 1. The van der Waals surface area contributed by atoms with Crippen molar-refractivity contribution in [3.63, 3.8) is 0 Å². The van der Waals surface area contributed by atoms with Crippen LogP contribution in [0.15, 0.2) is 36.5 Å². The summed E-state index contributed by atoms with van der Waals surface area (Å²) >= 11 is 5.76. The first-order valence-corrected chi connectivity index (χ1v) is 6.86. The van der Waals surface area contributed by atoms with E-state index >= 15 is 0 Å². The zero-order valence-electron chi connectivity index (χ0n) is 11.4. The van der Waals surface area contributed by atoms with Gasteiger partial charge in [-0.3, -0.25) is 0 Å². The minimum atomic E-state index is -0.274. The van der Waals surface area contributed by atoms with E-state index in [0.717, 1.165) is 18.8 Å². The fraction of sp³-hybridized carbons (Fsp3) is 0.333. The molecule has 0 aliphatic heterocycles. The smallest absolute Gasteiger partial charge is 0.129 e. The highest BCUT2D eigenvalue weighted by Gasteiger charge is 2.06. The van der Waals surface area contributed by atoms with Gasteiger partial charge in [-0.25, -0.2) is 4.39 Å². The third-order valence-electron chi connectivity index (χ3n) is 3.07. The molecule has 0 spiro atoms. The number of hydrogen-bond acceptors (Lipinski definition) is 2. The molecule has 0 amide bonds. The second kappa shape index (κ2) is 7.43. The Morgan fingerprint density at radius 1 is 1.35 bits per heavy atom. The van der Waals surface area contributed by atoms with Crippen molar-refractivity contribution in [2.45, 2.75) is 13.1 Å². The highest BCUT2D eigenvalue weighted by atomic mass is 35.5. The van der Waals surface area contributed by atoms with Gasteiger partial charge in [-0.15, -0.1) is 0 Å². The number of methoxy groups -OCH3 is 1. The number of nitrogens with zero attached hydrogens (tertiary/aromatic N) is 1. The molecule has 0 fully saturated rings. The molecule has 1 aromatic heterocycles. The molecule has 3 nitrogen and oxygen atoms in total. The van der Waals surface area contributed by atoms with Crippen LogP contribution in [-0.4, -0.2) is 24.8 Å². The van der Waals surface area contributed by atoms with Gasteiger partial charge in [0.1, 0.15) is 5.82 Å². The summed E-state index contributed by atoms with van der Waals surface area (Å²) in [5, 5.41) is 3.69. The fourth-order valence-corrected chi connectivity index (χ4v) is 2.15. The average molecular weight is 297 g/mol. The predicted molar refractivity (Wildman–Crippen MR) is 78.5 cm³/mol. The molecule has 0 saturated carbocycles.